The van der Waals surface area contributed by atoms with Crippen molar-refractivity contribution in [2.45, 2.75) is 70.8 Å². The van der Waals surface area contributed by atoms with E-state index in [1.165, 1.54) is 38.5 Å². The van der Waals surface area contributed by atoms with E-state index in [9.17, 15) is 8.42 Å². The van der Waals surface area contributed by atoms with Crippen molar-refractivity contribution < 1.29 is 13.2 Å². The van der Waals surface area contributed by atoms with Crippen molar-refractivity contribution in [2.75, 3.05) is 45.1 Å². The van der Waals surface area contributed by atoms with E-state index in [4.69, 9.17) is 4.74 Å². The third kappa shape index (κ3) is 6.32. The van der Waals surface area contributed by atoms with Crippen molar-refractivity contribution >= 4 is 16.0 Å². The summed E-state index contributed by atoms with van der Waals surface area (Å²) in [5.41, 5.74) is 0.460. The summed E-state index contributed by atoms with van der Waals surface area (Å²) in [5.74, 6) is 0.893. The molecule has 0 amide bonds. The van der Waals surface area contributed by atoms with Crippen molar-refractivity contribution in [3.05, 3.63) is 0 Å². The van der Waals surface area contributed by atoms with Gasteiger partial charge in [0.25, 0.3) is 0 Å². The lowest BCUT2D eigenvalue weighted by Gasteiger charge is -2.33. The Morgan fingerprint density at radius 1 is 1.18 bits per heavy atom. The number of nitrogens with one attached hydrogen (secondary N) is 2. The van der Waals surface area contributed by atoms with Gasteiger partial charge in [-0.3, -0.25) is 4.99 Å². The van der Waals surface area contributed by atoms with Gasteiger partial charge in [0, 0.05) is 32.8 Å². The molecule has 162 valence electrons. The predicted octanol–water partition coefficient (Wildman–Crippen LogP) is 2.10. The second-order valence-electron chi connectivity index (χ2n) is 8.62. The molecule has 1 atom stereocenters. The van der Waals surface area contributed by atoms with Gasteiger partial charge in [0.2, 0.25) is 10.0 Å². The molecule has 2 saturated heterocycles. The highest BCUT2D eigenvalue weighted by molar-refractivity contribution is 7.89. The lowest BCUT2D eigenvalue weighted by molar-refractivity contribution is 0.0200. The van der Waals surface area contributed by atoms with Crippen molar-refractivity contribution in [3.63, 3.8) is 0 Å². The van der Waals surface area contributed by atoms with Gasteiger partial charge in [-0.2, -0.15) is 0 Å². The summed E-state index contributed by atoms with van der Waals surface area (Å²) in [6, 6.07) is 0. The molecule has 2 heterocycles. The van der Waals surface area contributed by atoms with Crippen molar-refractivity contribution in [2.24, 2.45) is 10.4 Å². The van der Waals surface area contributed by atoms with E-state index in [-0.39, 0.29) is 18.4 Å². The van der Waals surface area contributed by atoms with Crippen LogP contribution >= 0.6 is 0 Å². The fraction of sp³-hybridized carbons (Fsp3) is 0.950. The molecule has 1 unspecified atom stereocenters. The standard InChI is InChI=1S/C20H38N4O3S/c1-2-21-19(24-13-11-20(17-24)9-5-3-6-10-20)22-12-15-28(25,26)23-16-18-8-4-7-14-27-18/h18,23H,2-17H2,1H3,(H,21,22). The summed E-state index contributed by atoms with van der Waals surface area (Å²) in [4.78, 5) is 6.97. The fourth-order valence-electron chi connectivity index (χ4n) is 4.78. The number of likely N-dealkylation sites (tertiary alicyclic amines) is 1. The molecular formula is C20H38N4O3S. The van der Waals surface area contributed by atoms with Gasteiger partial charge in [-0.25, -0.2) is 13.1 Å². The zero-order valence-corrected chi connectivity index (χ0v) is 18.2. The average molecular weight is 415 g/mol. The van der Waals surface area contributed by atoms with E-state index >= 15 is 0 Å². The second kappa shape index (κ2) is 10.3. The molecule has 0 aromatic rings. The Morgan fingerprint density at radius 2 is 2.00 bits per heavy atom. The topological polar surface area (TPSA) is 83.0 Å². The van der Waals surface area contributed by atoms with Crippen LogP contribution in [0, 0.1) is 5.41 Å². The Kier molecular flexibility index (Phi) is 8.00. The lowest BCUT2D eigenvalue weighted by Crippen LogP contribution is -2.42. The van der Waals surface area contributed by atoms with E-state index in [0.717, 1.165) is 51.5 Å². The molecule has 3 aliphatic rings. The molecule has 1 spiro atoms. The zero-order valence-electron chi connectivity index (χ0n) is 17.4. The summed E-state index contributed by atoms with van der Waals surface area (Å²) in [6.45, 7) is 6.34. The van der Waals surface area contributed by atoms with Gasteiger partial charge < -0.3 is 15.0 Å². The lowest BCUT2D eigenvalue weighted by atomic mass is 9.73. The molecule has 1 saturated carbocycles. The summed E-state index contributed by atoms with van der Waals surface area (Å²) < 4.78 is 32.9. The molecule has 2 aliphatic heterocycles. The van der Waals surface area contributed by atoms with Gasteiger partial charge in [0.05, 0.1) is 18.4 Å². The number of guanidine groups is 1. The highest BCUT2D eigenvalue weighted by Gasteiger charge is 2.39. The number of hydrogen-bond donors (Lipinski definition) is 2. The first kappa shape index (κ1) is 21.8. The third-order valence-electron chi connectivity index (χ3n) is 6.41. The smallest absolute Gasteiger partial charge is 0.213 e. The molecular weight excluding hydrogens is 376 g/mol. The molecule has 1 aliphatic carbocycles. The Morgan fingerprint density at radius 3 is 2.71 bits per heavy atom. The van der Waals surface area contributed by atoms with Crippen LogP contribution in [0.4, 0.5) is 0 Å². The highest BCUT2D eigenvalue weighted by atomic mass is 32.2. The molecule has 0 bridgehead atoms. The van der Waals surface area contributed by atoms with Crippen molar-refractivity contribution in [1.82, 2.24) is 14.9 Å². The van der Waals surface area contributed by atoms with Crippen LogP contribution in [0.15, 0.2) is 4.99 Å². The van der Waals surface area contributed by atoms with Crippen LogP contribution in [0.5, 0.6) is 0 Å². The predicted molar refractivity (Wildman–Crippen MR) is 113 cm³/mol. The van der Waals surface area contributed by atoms with Crippen LogP contribution < -0.4 is 10.0 Å². The zero-order chi connectivity index (χ0) is 19.9. The summed E-state index contributed by atoms with van der Waals surface area (Å²) >= 11 is 0. The Balaban J connectivity index is 1.48. The number of aliphatic imine (C=N–C) groups is 1. The molecule has 7 nitrogen and oxygen atoms in total. The highest BCUT2D eigenvalue weighted by Crippen LogP contribution is 2.43. The van der Waals surface area contributed by atoms with Crippen LogP contribution in [0.25, 0.3) is 0 Å². The van der Waals surface area contributed by atoms with Crippen molar-refractivity contribution in [3.8, 4) is 0 Å². The minimum Gasteiger partial charge on any atom is -0.377 e. The first-order chi connectivity index (χ1) is 13.5. The largest absolute Gasteiger partial charge is 0.377 e. The number of sulfonamides is 1. The SMILES string of the molecule is CCNC(=NCCS(=O)(=O)NCC1CCCCO1)N1CCC2(CCCCC2)C1. The van der Waals surface area contributed by atoms with Crippen LogP contribution in [0.2, 0.25) is 0 Å². The minimum atomic E-state index is -3.33. The Bertz CT molecular complexity index is 611. The molecule has 2 N–H and O–H groups in total. The van der Waals surface area contributed by atoms with E-state index in [1.807, 2.05) is 0 Å². The molecule has 0 radical (unpaired) electrons. The number of rotatable bonds is 7. The fourth-order valence-corrected chi connectivity index (χ4v) is 5.70. The number of ether oxygens (including phenoxy) is 1. The van der Waals surface area contributed by atoms with Gasteiger partial charge in [-0.1, -0.05) is 19.3 Å². The first-order valence-corrected chi connectivity index (χ1v) is 12.8. The van der Waals surface area contributed by atoms with E-state index in [0.29, 0.717) is 12.0 Å². The molecule has 0 aromatic carbocycles. The summed E-state index contributed by atoms with van der Waals surface area (Å²) in [6.07, 6.45) is 11.1. The summed E-state index contributed by atoms with van der Waals surface area (Å²) in [5, 5.41) is 3.36. The normalized spacial score (nSPS) is 26.0. The minimum absolute atomic E-state index is 0.0145. The molecule has 8 heteroatoms. The maximum atomic E-state index is 12.3. The van der Waals surface area contributed by atoms with Gasteiger partial charge in [-0.05, 0) is 50.9 Å². The summed E-state index contributed by atoms with van der Waals surface area (Å²) in [7, 11) is -3.33. The number of hydrogen-bond acceptors (Lipinski definition) is 4. The van der Waals surface area contributed by atoms with Gasteiger partial charge >= 0.3 is 0 Å². The molecule has 3 rings (SSSR count). The maximum absolute atomic E-state index is 12.3. The van der Waals surface area contributed by atoms with E-state index < -0.39 is 10.0 Å². The van der Waals surface area contributed by atoms with E-state index in [2.05, 4.69) is 26.9 Å². The van der Waals surface area contributed by atoms with Crippen LogP contribution in [0.1, 0.15) is 64.7 Å². The van der Waals surface area contributed by atoms with Crippen LogP contribution in [-0.2, 0) is 14.8 Å². The van der Waals surface area contributed by atoms with Gasteiger partial charge in [0.15, 0.2) is 5.96 Å². The second-order valence-corrected chi connectivity index (χ2v) is 10.6. The quantitative estimate of drug-likeness (QED) is 0.492. The van der Waals surface area contributed by atoms with Crippen molar-refractivity contribution in [1.29, 1.82) is 0 Å². The Labute approximate surface area is 170 Å². The molecule has 0 aromatic heterocycles. The average Bonchev–Trinajstić information content (AvgIpc) is 3.10. The third-order valence-corrected chi connectivity index (χ3v) is 7.74. The number of nitrogens with zero attached hydrogens (tertiary/aromatic N) is 2. The monoisotopic (exact) mass is 414 g/mol. The Hall–Kier alpha value is -0.860. The maximum Gasteiger partial charge on any atom is 0.213 e. The molecule has 3 fully saturated rings. The van der Waals surface area contributed by atoms with Crippen LogP contribution in [-0.4, -0.2) is 70.5 Å². The van der Waals surface area contributed by atoms with E-state index in [1.54, 1.807) is 0 Å². The van der Waals surface area contributed by atoms with Gasteiger partial charge in [-0.15, -0.1) is 0 Å². The molecule has 28 heavy (non-hydrogen) atoms. The first-order valence-electron chi connectivity index (χ1n) is 11.1. The van der Waals surface area contributed by atoms with Crippen LogP contribution in [0.3, 0.4) is 0 Å². The van der Waals surface area contributed by atoms with Gasteiger partial charge in [0.1, 0.15) is 0 Å².